The summed E-state index contributed by atoms with van der Waals surface area (Å²) in [5.74, 6) is 0. The second-order valence-electron chi connectivity index (χ2n) is 4.60. The summed E-state index contributed by atoms with van der Waals surface area (Å²) in [7, 11) is 0. The maximum absolute atomic E-state index is 2.23. The smallest absolute Gasteiger partial charge is 0.0256 e. The molecule has 0 bridgehead atoms. The van der Waals surface area contributed by atoms with Gasteiger partial charge in [0.2, 0.25) is 0 Å². The molecule has 2 aromatic carbocycles. The fraction of sp³-hybridized carbons (Fsp3) is 0.158. The van der Waals surface area contributed by atoms with Crippen molar-refractivity contribution in [1.82, 2.24) is 0 Å². The van der Waals surface area contributed by atoms with Crippen molar-refractivity contribution in [2.45, 2.75) is 19.8 Å². The van der Waals surface area contributed by atoms with E-state index in [2.05, 4.69) is 79.8 Å². The molecule has 0 aliphatic carbocycles. The van der Waals surface area contributed by atoms with E-state index >= 15 is 0 Å². The van der Waals surface area contributed by atoms with E-state index in [1.54, 1.807) is 0 Å². The van der Waals surface area contributed by atoms with Crippen molar-refractivity contribution in [3.05, 3.63) is 77.4 Å². The average molecular weight is 248 g/mol. The van der Waals surface area contributed by atoms with Crippen LogP contribution in [0.2, 0.25) is 0 Å². The quantitative estimate of drug-likeness (QED) is 0.598. The van der Waals surface area contributed by atoms with Crippen LogP contribution in [0.4, 0.5) is 0 Å². The molecule has 19 heavy (non-hydrogen) atoms. The Hall–Kier alpha value is -2.08. The highest BCUT2D eigenvalue weighted by Crippen LogP contribution is 2.11. The molecule has 2 rings (SSSR count). The van der Waals surface area contributed by atoms with Gasteiger partial charge in [0.25, 0.3) is 0 Å². The van der Waals surface area contributed by atoms with Gasteiger partial charge < -0.3 is 0 Å². The summed E-state index contributed by atoms with van der Waals surface area (Å²) in [6, 6.07) is 19.0. The molecule has 0 heteroatoms. The molecule has 0 radical (unpaired) electrons. The van der Waals surface area contributed by atoms with Gasteiger partial charge in [0.1, 0.15) is 0 Å². The molecule has 0 atom stereocenters. The molecule has 0 N–H and O–H groups in total. The summed E-state index contributed by atoms with van der Waals surface area (Å²) in [5, 5.41) is 0. The third kappa shape index (κ3) is 4.59. The lowest BCUT2D eigenvalue weighted by molar-refractivity contribution is 0.962. The summed E-state index contributed by atoms with van der Waals surface area (Å²) in [4.78, 5) is 0. The van der Waals surface area contributed by atoms with E-state index in [0.29, 0.717) is 0 Å². The van der Waals surface area contributed by atoms with Crippen LogP contribution in [-0.2, 0) is 0 Å². The van der Waals surface area contributed by atoms with E-state index in [0.717, 1.165) is 6.42 Å². The summed E-state index contributed by atoms with van der Waals surface area (Å²) < 4.78 is 0. The van der Waals surface area contributed by atoms with Crippen molar-refractivity contribution in [2.75, 3.05) is 0 Å². The Labute approximate surface area is 116 Å². The van der Waals surface area contributed by atoms with E-state index in [1.165, 1.54) is 23.1 Å². The van der Waals surface area contributed by atoms with Crippen LogP contribution in [0, 0.1) is 0 Å². The minimum absolute atomic E-state index is 1.15. The standard InChI is InChI=1S/C19H20/c1-2-3-5-8-18-12-15-19(16-13-18)14-11-17-9-6-4-7-10-17/h4-16H,2-3H2,1H3/b8-5+,14-11+. The first kappa shape index (κ1) is 13.4. The van der Waals surface area contributed by atoms with Crippen molar-refractivity contribution in [3.63, 3.8) is 0 Å². The molecule has 96 valence electrons. The molecule has 0 fully saturated rings. The molecular formula is C19H20. The maximum atomic E-state index is 2.23. The number of allylic oxidation sites excluding steroid dienone is 1. The first-order chi connectivity index (χ1) is 9.38. The monoisotopic (exact) mass is 248 g/mol. The van der Waals surface area contributed by atoms with Crippen LogP contribution in [0.3, 0.4) is 0 Å². The highest BCUT2D eigenvalue weighted by molar-refractivity contribution is 5.70. The van der Waals surface area contributed by atoms with E-state index in [-0.39, 0.29) is 0 Å². The summed E-state index contributed by atoms with van der Waals surface area (Å²) in [5.41, 5.74) is 3.73. The van der Waals surface area contributed by atoms with Crippen LogP contribution in [0.5, 0.6) is 0 Å². The van der Waals surface area contributed by atoms with E-state index in [1.807, 2.05) is 6.07 Å². The van der Waals surface area contributed by atoms with E-state index in [9.17, 15) is 0 Å². The summed E-state index contributed by atoms with van der Waals surface area (Å²) in [6.07, 6.45) is 11.1. The van der Waals surface area contributed by atoms with Gasteiger partial charge in [0.15, 0.2) is 0 Å². The molecule has 0 heterocycles. The van der Waals surface area contributed by atoms with E-state index < -0.39 is 0 Å². The zero-order valence-corrected chi connectivity index (χ0v) is 11.4. The number of benzene rings is 2. The Kier molecular flexibility index (Phi) is 5.18. The molecule has 0 saturated carbocycles. The SMILES string of the molecule is CCC/C=C/c1ccc(/C=C/c2ccccc2)cc1. The molecule has 2 aromatic rings. The maximum Gasteiger partial charge on any atom is -0.0256 e. The van der Waals surface area contributed by atoms with Crippen LogP contribution in [-0.4, -0.2) is 0 Å². The van der Waals surface area contributed by atoms with Gasteiger partial charge in [-0.05, 0) is 23.1 Å². The van der Waals surface area contributed by atoms with Gasteiger partial charge in [0, 0.05) is 0 Å². The Bertz CT molecular complexity index is 530. The van der Waals surface area contributed by atoms with Gasteiger partial charge in [-0.1, -0.05) is 92.2 Å². The molecule has 0 spiro atoms. The lowest BCUT2D eigenvalue weighted by Crippen LogP contribution is -1.75. The van der Waals surface area contributed by atoms with Crippen LogP contribution >= 0.6 is 0 Å². The van der Waals surface area contributed by atoms with Crippen LogP contribution in [0.1, 0.15) is 36.5 Å². The molecule has 0 unspecified atom stereocenters. The highest BCUT2D eigenvalue weighted by atomic mass is 13.9. The van der Waals surface area contributed by atoms with Gasteiger partial charge in [-0.15, -0.1) is 0 Å². The third-order valence-corrected chi connectivity index (χ3v) is 2.97. The van der Waals surface area contributed by atoms with Gasteiger partial charge in [-0.2, -0.15) is 0 Å². The first-order valence-electron chi connectivity index (χ1n) is 6.88. The predicted octanol–water partition coefficient (Wildman–Crippen LogP) is 5.67. The van der Waals surface area contributed by atoms with Crippen LogP contribution in [0.15, 0.2) is 60.7 Å². The predicted molar refractivity (Wildman–Crippen MR) is 85.8 cm³/mol. The van der Waals surface area contributed by atoms with Crippen molar-refractivity contribution in [2.24, 2.45) is 0 Å². The average Bonchev–Trinajstić information content (AvgIpc) is 2.48. The second-order valence-corrected chi connectivity index (χ2v) is 4.60. The lowest BCUT2D eigenvalue weighted by Gasteiger charge is -1.97. The minimum Gasteiger partial charge on any atom is -0.0840 e. The molecular weight excluding hydrogens is 228 g/mol. The van der Waals surface area contributed by atoms with Crippen molar-refractivity contribution in [3.8, 4) is 0 Å². The zero-order valence-electron chi connectivity index (χ0n) is 11.4. The fourth-order valence-electron chi connectivity index (χ4n) is 1.86. The third-order valence-electron chi connectivity index (χ3n) is 2.97. The number of rotatable bonds is 5. The number of unbranched alkanes of at least 4 members (excludes halogenated alkanes) is 1. The Balaban J connectivity index is 2.01. The second kappa shape index (κ2) is 7.38. The van der Waals surface area contributed by atoms with Gasteiger partial charge in [0.05, 0.1) is 0 Å². The molecule has 0 aliphatic heterocycles. The lowest BCUT2D eigenvalue weighted by atomic mass is 10.1. The molecule has 0 amide bonds. The fourth-order valence-corrected chi connectivity index (χ4v) is 1.86. The molecule has 0 aromatic heterocycles. The van der Waals surface area contributed by atoms with Gasteiger partial charge >= 0.3 is 0 Å². The summed E-state index contributed by atoms with van der Waals surface area (Å²) >= 11 is 0. The topological polar surface area (TPSA) is 0 Å². The van der Waals surface area contributed by atoms with Crippen LogP contribution in [0.25, 0.3) is 18.2 Å². The zero-order chi connectivity index (χ0) is 13.3. The highest BCUT2D eigenvalue weighted by Gasteiger charge is 1.89. The summed E-state index contributed by atoms with van der Waals surface area (Å²) in [6.45, 7) is 2.20. The van der Waals surface area contributed by atoms with Gasteiger partial charge in [-0.25, -0.2) is 0 Å². The molecule has 0 nitrogen and oxygen atoms in total. The largest absolute Gasteiger partial charge is 0.0840 e. The Morgan fingerprint density at radius 2 is 1.21 bits per heavy atom. The molecule has 0 aliphatic rings. The first-order valence-corrected chi connectivity index (χ1v) is 6.88. The van der Waals surface area contributed by atoms with Crippen molar-refractivity contribution < 1.29 is 0 Å². The Morgan fingerprint density at radius 3 is 1.79 bits per heavy atom. The minimum atomic E-state index is 1.15. The van der Waals surface area contributed by atoms with Crippen molar-refractivity contribution >= 4 is 18.2 Å². The number of hydrogen-bond donors (Lipinski definition) is 0. The number of hydrogen-bond acceptors (Lipinski definition) is 0. The van der Waals surface area contributed by atoms with Crippen molar-refractivity contribution in [1.29, 1.82) is 0 Å². The Morgan fingerprint density at radius 1 is 0.684 bits per heavy atom. The van der Waals surface area contributed by atoms with Gasteiger partial charge in [-0.3, -0.25) is 0 Å². The van der Waals surface area contributed by atoms with Crippen LogP contribution < -0.4 is 0 Å². The van der Waals surface area contributed by atoms with E-state index in [4.69, 9.17) is 0 Å². The normalized spacial score (nSPS) is 11.4. The molecule has 0 saturated heterocycles.